The first-order chi connectivity index (χ1) is 12.0. The van der Waals surface area contributed by atoms with Crippen LogP contribution in [0.1, 0.15) is 22.8 Å². The van der Waals surface area contributed by atoms with Crippen LogP contribution in [0.25, 0.3) is 0 Å². The minimum absolute atomic E-state index is 0.0142. The molecule has 6 heteroatoms. The maximum absolute atomic E-state index is 12.1. The summed E-state index contributed by atoms with van der Waals surface area (Å²) in [5, 5.41) is 3.53. The lowest BCUT2D eigenvalue weighted by Crippen LogP contribution is -2.38. The molecule has 25 heavy (non-hydrogen) atoms. The molecule has 0 saturated heterocycles. The number of hydrogen-bond acceptors (Lipinski definition) is 2. The predicted octanol–water partition coefficient (Wildman–Crippen LogP) is 3.81. The van der Waals surface area contributed by atoms with Gasteiger partial charge in [0.15, 0.2) is 0 Å². The Morgan fingerprint density at radius 1 is 1.00 bits per heavy atom. The van der Waals surface area contributed by atoms with Crippen LogP contribution in [-0.4, -0.2) is 36.3 Å². The van der Waals surface area contributed by atoms with E-state index in [1.165, 1.54) is 18.6 Å². The van der Waals surface area contributed by atoms with E-state index in [2.05, 4.69) is 5.32 Å². The number of carbonyl (C=O) groups excluding carboxylic acids is 2. The third-order valence-electron chi connectivity index (χ3n) is 3.81. The summed E-state index contributed by atoms with van der Waals surface area (Å²) in [7, 11) is 0. The molecule has 2 rings (SSSR count). The number of carbonyl (C=O) groups is 2. The summed E-state index contributed by atoms with van der Waals surface area (Å²) >= 11 is 11.8. The van der Waals surface area contributed by atoms with E-state index >= 15 is 0 Å². The fraction of sp³-hybridized carbons (Fsp3) is 0.263. The summed E-state index contributed by atoms with van der Waals surface area (Å²) < 4.78 is 0. The molecule has 0 aliphatic rings. The van der Waals surface area contributed by atoms with Gasteiger partial charge in [0.1, 0.15) is 0 Å². The van der Waals surface area contributed by atoms with Gasteiger partial charge in [-0.25, -0.2) is 0 Å². The van der Waals surface area contributed by atoms with E-state index in [4.69, 9.17) is 23.2 Å². The Labute approximate surface area is 157 Å². The minimum Gasteiger partial charge on any atom is -0.350 e. The van der Waals surface area contributed by atoms with Gasteiger partial charge >= 0.3 is 0 Å². The zero-order chi connectivity index (χ0) is 18.2. The van der Waals surface area contributed by atoms with Gasteiger partial charge in [-0.05, 0) is 30.2 Å². The van der Waals surface area contributed by atoms with Gasteiger partial charge in [-0.3, -0.25) is 9.59 Å². The number of rotatable bonds is 7. The quantitative estimate of drug-likeness (QED) is 0.795. The summed E-state index contributed by atoms with van der Waals surface area (Å²) in [5.41, 5.74) is 1.61. The third-order valence-corrected chi connectivity index (χ3v) is 4.55. The van der Waals surface area contributed by atoms with Crippen LogP contribution in [0.3, 0.4) is 0 Å². The second-order valence-electron chi connectivity index (χ2n) is 5.63. The highest BCUT2D eigenvalue weighted by Crippen LogP contribution is 2.22. The molecule has 4 nitrogen and oxygen atoms in total. The van der Waals surface area contributed by atoms with E-state index in [1.807, 2.05) is 30.3 Å². The Morgan fingerprint density at radius 2 is 1.72 bits per heavy atom. The minimum atomic E-state index is -0.245. The van der Waals surface area contributed by atoms with Crippen LogP contribution in [0.2, 0.25) is 10.0 Å². The molecule has 0 aliphatic heterocycles. The van der Waals surface area contributed by atoms with E-state index in [0.29, 0.717) is 35.2 Å². The van der Waals surface area contributed by atoms with Crippen LogP contribution < -0.4 is 5.32 Å². The van der Waals surface area contributed by atoms with Gasteiger partial charge in [0.25, 0.3) is 5.91 Å². The zero-order valence-electron chi connectivity index (χ0n) is 14.0. The van der Waals surface area contributed by atoms with E-state index in [9.17, 15) is 9.59 Å². The largest absolute Gasteiger partial charge is 0.350 e. The molecule has 0 unspecified atom stereocenters. The van der Waals surface area contributed by atoms with Crippen molar-refractivity contribution >= 4 is 35.0 Å². The van der Waals surface area contributed by atoms with E-state index in [1.54, 1.807) is 17.0 Å². The maximum atomic E-state index is 12.1. The summed E-state index contributed by atoms with van der Waals surface area (Å²) in [6, 6.07) is 14.7. The van der Waals surface area contributed by atoms with E-state index in [-0.39, 0.29) is 11.8 Å². The average molecular weight is 379 g/mol. The van der Waals surface area contributed by atoms with Gasteiger partial charge in [0, 0.05) is 32.1 Å². The molecule has 0 fully saturated rings. The third kappa shape index (κ3) is 6.07. The molecule has 0 heterocycles. The highest BCUT2D eigenvalue weighted by atomic mass is 35.5. The van der Waals surface area contributed by atoms with Gasteiger partial charge in [-0.2, -0.15) is 0 Å². The van der Waals surface area contributed by atoms with E-state index < -0.39 is 0 Å². The summed E-state index contributed by atoms with van der Waals surface area (Å²) in [6.07, 6.45) is 0.779. The Balaban J connectivity index is 1.83. The number of benzene rings is 2. The summed E-state index contributed by atoms with van der Waals surface area (Å²) in [5.74, 6) is -0.259. The van der Waals surface area contributed by atoms with Crippen molar-refractivity contribution in [2.75, 3.05) is 19.6 Å². The van der Waals surface area contributed by atoms with Crippen LogP contribution in [0.15, 0.2) is 48.5 Å². The van der Waals surface area contributed by atoms with Crippen LogP contribution in [0.4, 0.5) is 0 Å². The van der Waals surface area contributed by atoms with Gasteiger partial charge in [0.2, 0.25) is 5.91 Å². The molecule has 0 atom stereocenters. The lowest BCUT2D eigenvalue weighted by Gasteiger charge is -2.21. The molecule has 2 amide bonds. The second kappa shape index (κ2) is 9.44. The van der Waals surface area contributed by atoms with Crippen LogP contribution in [-0.2, 0) is 11.2 Å². The predicted molar refractivity (Wildman–Crippen MR) is 101 cm³/mol. The topological polar surface area (TPSA) is 49.4 Å². The van der Waals surface area contributed by atoms with Crippen molar-refractivity contribution in [1.29, 1.82) is 0 Å². The fourth-order valence-corrected chi connectivity index (χ4v) is 2.68. The molecule has 2 aromatic rings. The number of nitrogens with zero attached hydrogens (tertiary/aromatic N) is 1. The smallest absolute Gasteiger partial charge is 0.251 e. The molecular weight excluding hydrogens is 359 g/mol. The SMILES string of the molecule is CC(=O)N(CCNC(=O)c1ccc(Cl)c(Cl)c1)CCc1ccccc1. The van der Waals surface area contributed by atoms with E-state index in [0.717, 1.165) is 6.42 Å². The fourth-order valence-electron chi connectivity index (χ4n) is 2.38. The number of amides is 2. The maximum Gasteiger partial charge on any atom is 0.251 e. The molecule has 2 aromatic carbocycles. The molecule has 0 radical (unpaired) electrons. The highest BCUT2D eigenvalue weighted by Gasteiger charge is 2.11. The van der Waals surface area contributed by atoms with Crippen molar-refractivity contribution < 1.29 is 9.59 Å². The molecular formula is C19H20Cl2N2O2. The second-order valence-corrected chi connectivity index (χ2v) is 6.44. The van der Waals surface area contributed by atoms with Gasteiger partial charge in [0.05, 0.1) is 10.0 Å². The average Bonchev–Trinajstić information content (AvgIpc) is 2.60. The van der Waals surface area contributed by atoms with Crippen molar-refractivity contribution in [3.63, 3.8) is 0 Å². The number of halogens is 2. The Morgan fingerprint density at radius 3 is 2.36 bits per heavy atom. The normalized spacial score (nSPS) is 10.4. The van der Waals surface area contributed by atoms with Crippen LogP contribution >= 0.6 is 23.2 Å². The van der Waals surface area contributed by atoms with Gasteiger partial charge in [-0.15, -0.1) is 0 Å². The van der Waals surface area contributed by atoms with Crippen molar-refractivity contribution in [3.05, 3.63) is 69.7 Å². The van der Waals surface area contributed by atoms with Crippen molar-refractivity contribution in [2.24, 2.45) is 0 Å². The number of nitrogens with one attached hydrogen (secondary N) is 1. The Bertz CT molecular complexity index is 735. The molecule has 0 saturated carbocycles. The molecule has 1 N–H and O–H groups in total. The highest BCUT2D eigenvalue weighted by molar-refractivity contribution is 6.42. The molecule has 0 aromatic heterocycles. The zero-order valence-corrected chi connectivity index (χ0v) is 15.5. The van der Waals surface area contributed by atoms with Gasteiger partial charge < -0.3 is 10.2 Å². The van der Waals surface area contributed by atoms with Crippen molar-refractivity contribution in [2.45, 2.75) is 13.3 Å². The first kappa shape index (κ1) is 19.3. The Hall–Kier alpha value is -2.04. The van der Waals surface area contributed by atoms with Crippen LogP contribution in [0, 0.1) is 0 Å². The first-order valence-corrected chi connectivity index (χ1v) is 8.75. The monoisotopic (exact) mass is 378 g/mol. The summed E-state index contributed by atoms with van der Waals surface area (Å²) in [4.78, 5) is 25.6. The van der Waals surface area contributed by atoms with Gasteiger partial charge in [-0.1, -0.05) is 53.5 Å². The number of hydrogen-bond donors (Lipinski definition) is 1. The molecule has 0 bridgehead atoms. The lowest BCUT2D eigenvalue weighted by molar-refractivity contribution is -0.128. The molecule has 132 valence electrons. The van der Waals surface area contributed by atoms with Crippen LogP contribution in [0.5, 0.6) is 0 Å². The Kier molecular flexibility index (Phi) is 7.29. The van der Waals surface area contributed by atoms with Crippen molar-refractivity contribution in [3.8, 4) is 0 Å². The molecule has 0 aliphatic carbocycles. The standard InChI is InChI=1S/C19H20Cl2N2O2/c1-14(24)23(11-9-15-5-3-2-4-6-15)12-10-22-19(25)16-7-8-17(20)18(21)13-16/h2-8,13H,9-12H2,1H3,(H,22,25). The molecule has 0 spiro atoms. The van der Waals surface area contributed by atoms with Crippen molar-refractivity contribution in [1.82, 2.24) is 10.2 Å². The summed E-state index contributed by atoms with van der Waals surface area (Å²) in [6.45, 7) is 2.97. The lowest BCUT2D eigenvalue weighted by atomic mass is 10.1. The first-order valence-electron chi connectivity index (χ1n) is 8.00.